The molecule has 102 valence electrons. The Kier molecular flexibility index (Phi) is 4.05. The number of hydrogen-bond acceptors (Lipinski definition) is 2. The molecule has 0 amide bonds. The van der Waals surface area contributed by atoms with Crippen molar-refractivity contribution in [3.8, 4) is 0 Å². The largest absolute Gasteiger partial charge is 0.333 e. The highest BCUT2D eigenvalue weighted by Gasteiger charge is 2.07. The fraction of sp³-hybridized carbons (Fsp3) is 0.438. The van der Waals surface area contributed by atoms with Crippen LogP contribution < -0.4 is 5.73 Å². The minimum Gasteiger partial charge on any atom is -0.333 e. The van der Waals surface area contributed by atoms with E-state index >= 15 is 0 Å². The Morgan fingerprint density at radius 2 is 1.84 bits per heavy atom. The van der Waals surface area contributed by atoms with Crippen LogP contribution >= 0.6 is 0 Å². The summed E-state index contributed by atoms with van der Waals surface area (Å²) in [6.45, 7) is 9.38. The van der Waals surface area contributed by atoms with Crippen LogP contribution in [0.15, 0.2) is 24.7 Å². The molecular weight excluding hydrogens is 234 g/mol. The van der Waals surface area contributed by atoms with Gasteiger partial charge in [-0.05, 0) is 44.4 Å². The summed E-state index contributed by atoms with van der Waals surface area (Å²) in [5.41, 5.74) is 12.3. The smallest absolute Gasteiger partial charge is 0.0952 e. The van der Waals surface area contributed by atoms with Gasteiger partial charge in [0.05, 0.1) is 12.0 Å². The highest BCUT2D eigenvalue weighted by molar-refractivity contribution is 5.37. The van der Waals surface area contributed by atoms with E-state index in [-0.39, 0.29) is 6.04 Å². The average molecular weight is 257 g/mol. The summed E-state index contributed by atoms with van der Waals surface area (Å²) >= 11 is 0. The van der Waals surface area contributed by atoms with E-state index in [9.17, 15) is 0 Å². The normalized spacial score (nSPS) is 12.7. The molecule has 0 spiro atoms. The summed E-state index contributed by atoms with van der Waals surface area (Å²) in [4.78, 5) is 4.41. The van der Waals surface area contributed by atoms with Crippen molar-refractivity contribution in [3.63, 3.8) is 0 Å². The van der Waals surface area contributed by atoms with Crippen molar-refractivity contribution in [3.05, 3.63) is 52.6 Å². The standard InChI is InChI=1S/C16H23N3/c1-11-5-12(2)16(13(3)6-11)9-19-8-15(18-10-19)7-14(4)17/h5-6,8,10,14H,7,9,17H2,1-4H3. The lowest BCUT2D eigenvalue weighted by Crippen LogP contribution is -2.17. The first kappa shape index (κ1) is 13.8. The summed E-state index contributed by atoms with van der Waals surface area (Å²) < 4.78 is 2.14. The topological polar surface area (TPSA) is 43.8 Å². The SMILES string of the molecule is Cc1cc(C)c(Cn2cnc(CC(C)N)c2)c(C)c1. The van der Waals surface area contributed by atoms with Gasteiger partial charge in [-0.3, -0.25) is 0 Å². The van der Waals surface area contributed by atoms with Gasteiger partial charge in [0.1, 0.15) is 0 Å². The van der Waals surface area contributed by atoms with Crippen LogP contribution in [0, 0.1) is 20.8 Å². The molecule has 0 aliphatic rings. The molecule has 0 aliphatic heterocycles. The maximum atomic E-state index is 5.80. The van der Waals surface area contributed by atoms with Gasteiger partial charge in [0.25, 0.3) is 0 Å². The first-order valence-corrected chi connectivity index (χ1v) is 6.78. The molecule has 1 aromatic carbocycles. The Morgan fingerprint density at radius 1 is 1.21 bits per heavy atom. The third kappa shape index (κ3) is 3.44. The van der Waals surface area contributed by atoms with Crippen LogP contribution in [0.3, 0.4) is 0 Å². The molecule has 3 heteroatoms. The molecule has 0 saturated heterocycles. The molecule has 0 aliphatic carbocycles. The van der Waals surface area contributed by atoms with Gasteiger partial charge in [-0.2, -0.15) is 0 Å². The molecule has 1 aromatic heterocycles. The van der Waals surface area contributed by atoms with Crippen LogP contribution in [0.1, 0.15) is 34.9 Å². The van der Waals surface area contributed by atoms with E-state index in [1.165, 1.54) is 22.3 Å². The van der Waals surface area contributed by atoms with E-state index in [1.54, 1.807) is 0 Å². The third-order valence-electron chi connectivity index (χ3n) is 3.40. The summed E-state index contributed by atoms with van der Waals surface area (Å²) in [6.07, 6.45) is 4.83. The Hall–Kier alpha value is -1.61. The van der Waals surface area contributed by atoms with Gasteiger partial charge >= 0.3 is 0 Å². The zero-order valence-corrected chi connectivity index (χ0v) is 12.3. The van der Waals surface area contributed by atoms with Crippen molar-refractivity contribution in [2.45, 2.75) is 46.7 Å². The van der Waals surface area contributed by atoms with Crippen LogP contribution in [0.5, 0.6) is 0 Å². The quantitative estimate of drug-likeness (QED) is 0.915. The summed E-state index contributed by atoms with van der Waals surface area (Å²) in [6, 6.07) is 4.63. The minimum atomic E-state index is 0.159. The molecular formula is C16H23N3. The molecule has 0 fully saturated rings. The van der Waals surface area contributed by atoms with Crippen molar-refractivity contribution >= 4 is 0 Å². The lowest BCUT2D eigenvalue weighted by molar-refractivity contribution is 0.723. The predicted octanol–water partition coefficient (Wildman–Crippen LogP) is 2.75. The maximum Gasteiger partial charge on any atom is 0.0952 e. The van der Waals surface area contributed by atoms with Gasteiger partial charge in [-0.25, -0.2) is 4.98 Å². The first-order chi connectivity index (χ1) is 8.95. The second-order valence-electron chi connectivity index (χ2n) is 5.60. The molecule has 2 rings (SSSR count). The van der Waals surface area contributed by atoms with Gasteiger partial charge in [0, 0.05) is 25.2 Å². The lowest BCUT2D eigenvalue weighted by Gasteiger charge is -2.11. The van der Waals surface area contributed by atoms with Crippen LogP contribution in [-0.4, -0.2) is 15.6 Å². The zero-order valence-electron chi connectivity index (χ0n) is 12.3. The van der Waals surface area contributed by atoms with Crippen LogP contribution in [0.4, 0.5) is 0 Å². The molecule has 1 heterocycles. The second-order valence-corrected chi connectivity index (χ2v) is 5.60. The Labute approximate surface area is 115 Å². The van der Waals surface area contributed by atoms with Gasteiger partial charge in [-0.1, -0.05) is 17.7 Å². The Morgan fingerprint density at radius 3 is 2.42 bits per heavy atom. The van der Waals surface area contributed by atoms with E-state index in [2.05, 4.69) is 48.7 Å². The third-order valence-corrected chi connectivity index (χ3v) is 3.40. The number of nitrogens with zero attached hydrogens (tertiary/aromatic N) is 2. The lowest BCUT2D eigenvalue weighted by atomic mass is 10.00. The van der Waals surface area contributed by atoms with Crippen molar-refractivity contribution in [1.29, 1.82) is 0 Å². The van der Waals surface area contributed by atoms with Gasteiger partial charge in [0.15, 0.2) is 0 Å². The zero-order chi connectivity index (χ0) is 14.0. The van der Waals surface area contributed by atoms with E-state index < -0.39 is 0 Å². The molecule has 0 radical (unpaired) electrons. The highest BCUT2D eigenvalue weighted by atomic mass is 15.0. The number of aryl methyl sites for hydroxylation is 3. The van der Waals surface area contributed by atoms with Crippen LogP contribution in [0.25, 0.3) is 0 Å². The maximum absolute atomic E-state index is 5.80. The van der Waals surface area contributed by atoms with Gasteiger partial charge in [0.2, 0.25) is 0 Å². The fourth-order valence-corrected chi connectivity index (χ4v) is 2.57. The fourth-order valence-electron chi connectivity index (χ4n) is 2.57. The van der Waals surface area contributed by atoms with Crippen molar-refractivity contribution in [2.75, 3.05) is 0 Å². The summed E-state index contributed by atoms with van der Waals surface area (Å²) in [5, 5.41) is 0. The van der Waals surface area contributed by atoms with E-state index in [1.807, 2.05) is 13.3 Å². The number of aromatic nitrogens is 2. The molecule has 1 atom stereocenters. The Balaban J connectivity index is 2.19. The monoisotopic (exact) mass is 257 g/mol. The number of benzene rings is 1. The first-order valence-electron chi connectivity index (χ1n) is 6.78. The molecule has 0 bridgehead atoms. The molecule has 2 N–H and O–H groups in total. The predicted molar refractivity (Wildman–Crippen MR) is 79.3 cm³/mol. The average Bonchev–Trinajstić information content (AvgIpc) is 2.70. The minimum absolute atomic E-state index is 0.159. The molecule has 19 heavy (non-hydrogen) atoms. The van der Waals surface area contributed by atoms with Crippen molar-refractivity contribution in [1.82, 2.24) is 9.55 Å². The number of imidazole rings is 1. The van der Waals surface area contributed by atoms with E-state index in [0.29, 0.717) is 0 Å². The van der Waals surface area contributed by atoms with Crippen LogP contribution in [-0.2, 0) is 13.0 Å². The molecule has 3 nitrogen and oxygen atoms in total. The van der Waals surface area contributed by atoms with E-state index in [4.69, 9.17) is 5.73 Å². The van der Waals surface area contributed by atoms with E-state index in [0.717, 1.165) is 18.7 Å². The number of nitrogens with two attached hydrogens (primary N) is 1. The number of hydrogen-bond donors (Lipinski definition) is 1. The van der Waals surface area contributed by atoms with Crippen molar-refractivity contribution in [2.24, 2.45) is 5.73 Å². The molecule has 2 aromatic rings. The Bertz CT molecular complexity index is 544. The summed E-state index contributed by atoms with van der Waals surface area (Å²) in [7, 11) is 0. The summed E-state index contributed by atoms with van der Waals surface area (Å²) in [5.74, 6) is 0. The second kappa shape index (κ2) is 5.57. The van der Waals surface area contributed by atoms with Crippen LogP contribution in [0.2, 0.25) is 0 Å². The van der Waals surface area contributed by atoms with Gasteiger partial charge in [-0.15, -0.1) is 0 Å². The van der Waals surface area contributed by atoms with Crippen molar-refractivity contribution < 1.29 is 0 Å². The van der Waals surface area contributed by atoms with Gasteiger partial charge < -0.3 is 10.3 Å². The molecule has 0 saturated carbocycles. The number of rotatable bonds is 4. The highest BCUT2D eigenvalue weighted by Crippen LogP contribution is 2.17. The molecule has 1 unspecified atom stereocenters.